The molecular formula is C14H31N3O. The van der Waals surface area contributed by atoms with Crippen molar-refractivity contribution in [3.63, 3.8) is 0 Å². The van der Waals surface area contributed by atoms with Crippen molar-refractivity contribution in [2.24, 2.45) is 5.73 Å². The van der Waals surface area contributed by atoms with Crippen molar-refractivity contribution < 1.29 is 4.74 Å². The van der Waals surface area contributed by atoms with E-state index in [-0.39, 0.29) is 0 Å². The minimum absolute atomic E-state index is 0.598. The molecule has 4 nitrogen and oxygen atoms in total. The van der Waals surface area contributed by atoms with Gasteiger partial charge in [0.15, 0.2) is 0 Å². The van der Waals surface area contributed by atoms with E-state index in [1.807, 2.05) is 0 Å². The van der Waals surface area contributed by atoms with E-state index in [9.17, 15) is 0 Å². The fraction of sp³-hybridized carbons (Fsp3) is 1.00. The third kappa shape index (κ3) is 5.65. The van der Waals surface area contributed by atoms with Gasteiger partial charge in [0.2, 0.25) is 0 Å². The van der Waals surface area contributed by atoms with Gasteiger partial charge in [-0.2, -0.15) is 0 Å². The Hall–Kier alpha value is -0.160. The van der Waals surface area contributed by atoms with Crippen molar-refractivity contribution in [1.29, 1.82) is 0 Å². The lowest BCUT2D eigenvalue weighted by atomic mass is 10.1. The predicted octanol–water partition coefficient (Wildman–Crippen LogP) is 1.16. The highest BCUT2D eigenvalue weighted by molar-refractivity contribution is 4.78. The Kier molecular flexibility index (Phi) is 8.59. The van der Waals surface area contributed by atoms with Crippen LogP contribution < -0.4 is 5.73 Å². The molecule has 18 heavy (non-hydrogen) atoms. The first-order chi connectivity index (χ1) is 8.81. The van der Waals surface area contributed by atoms with Crippen LogP contribution >= 0.6 is 0 Å². The summed E-state index contributed by atoms with van der Waals surface area (Å²) in [4.78, 5) is 5.12. The largest absolute Gasteiger partial charge is 0.382 e. The molecule has 2 N–H and O–H groups in total. The molecule has 0 saturated carbocycles. The van der Waals surface area contributed by atoms with Gasteiger partial charge in [-0.1, -0.05) is 13.3 Å². The second kappa shape index (κ2) is 9.73. The van der Waals surface area contributed by atoms with E-state index in [0.29, 0.717) is 6.04 Å². The Morgan fingerprint density at radius 2 is 1.89 bits per heavy atom. The van der Waals surface area contributed by atoms with Crippen molar-refractivity contribution in [2.45, 2.75) is 39.2 Å². The molecule has 0 spiro atoms. The number of ether oxygens (including phenoxy) is 1. The van der Waals surface area contributed by atoms with Crippen molar-refractivity contribution in [2.75, 3.05) is 52.5 Å². The second-order valence-electron chi connectivity index (χ2n) is 5.11. The van der Waals surface area contributed by atoms with E-state index in [0.717, 1.165) is 26.2 Å². The monoisotopic (exact) mass is 257 g/mol. The molecular weight excluding hydrogens is 226 g/mol. The molecule has 1 rings (SSSR count). The molecule has 4 heteroatoms. The number of rotatable bonds is 9. The predicted molar refractivity (Wildman–Crippen MR) is 76.9 cm³/mol. The minimum Gasteiger partial charge on any atom is -0.382 e. The van der Waals surface area contributed by atoms with Crippen LogP contribution in [0.1, 0.15) is 33.1 Å². The summed E-state index contributed by atoms with van der Waals surface area (Å²) in [7, 11) is 0. The molecule has 0 aromatic carbocycles. The quantitative estimate of drug-likeness (QED) is 0.629. The van der Waals surface area contributed by atoms with Crippen molar-refractivity contribution >= 4 is 0 Å². The maximum atomic E-state index is 5.87. The van der Waals surface area contributed by atoms with E-state index >= 15 is 0 Å². The van der Waals surface area contributed by atoms with Crippen LogP contribution in [0.15, 0.2) is 0 Å². The fourth-order valence-electron chi connectivity index (χ4n) is 2.67. The second-order valence-corrected chi connectivity index (χ2v) is 5.11. The van der Waals surface area contributed by atoms with Crippen LogP contribution in [0, 0.1) is 0 Å². The molecule has 0 radical (unpaired) electrons. The Morgan fingerprint density at radius 1 is 1.17 bits per heavy atom. The Labute approximate surface area is 112 Å². The van der Waals surface area contributed by atoms with Gasteiger partial charge in [-0.3, -0.25) is 4.90 Å². The maximum absolute atomic E-state index is 5.87. The Morgan fingerprint density at radius 3 is 2.44 bits per heavy atom. The highest BCUT2D eigenvalue weighted by atomic mass is 16.5. The molecule has 0 aliphatic carbocycles. The van der Waals surface area contributed by atoms with Gasteiger partial charge in [0.1, 0.15) is 0 Å². The van der Waals surface area contributed by atoms with Gasteiger partial charge in [0, 0.05) is 58.5 Å². The van der Waals surface area contributed by atoms with Crippen LogP contribution in [0.3, 0.4) is 0 Å². The minimum atomic E-state index is 0.598. The number of piperazine rings is 1. The van der Waals surface area contributed by atoms with Crippen LogP contribution in [0.2, 0.25) is 0 Å². The highest BCUT2D eigenvalue weighted by Crippen LogP contribution is 2.10. The summed E-state index contributed by atoms with van der Waals surface area (Å²) in [5, 5.41) is 0. The summed E-state index contributed by atoms with van der Waals surface area (Å²) in [6.07, 6.45) is 3.63. The average Bonchev–Trinajstić information content (AvgIpc) is 2.42. The normalized spacial score (nSPS) is 20.2. The molecule has 1 unspecified atom stereocenters. The zero-order valence-electron chi connectivity index (χ0n) is 12.2. The molecule has 1 atom stereocenters. The first kappa shape index (κ1) is 15.9. The van der Waals surface area contributed by atoms with Gasteiger partial charge in [0.25, 0.3) is 0 Å². The summed E-state index contributed by atoms with van der Waals surface area (Å²) in [5.41, 5.74) is 5.87. The molecule has 1 aliphatic heterocycles. The van der Waals surface area contributed by atoms with Gasteiger partial charge >= 0.3 is 0 Å². The number of hydrogen-bond acceptors (Lipinski definition) is 4. The SMILES string of the molecule is CCCC(CN)N1CCN(CCCOCC)CC1. The average molecular weight is 257 g/mol. The van der Waals surface area contributed by atoms with Crippen LogP contribution in [0.25, 0.3) is 0 Å². The fourth-order valence-corrected chi connectivity index (χ4v) is 2.67. The van der Waals surface area contributed by atoms with Crippen LogP contribution in [0.5, 0.6) is 0 Å². The van der Waals surface area contributed by atoms with Gasteiger partial charge in [-0.05, 0) is 19.8 Å². The summed E-state index contributed by atoms with van der Waals surface area (Å²) in [6, 6.07) is 0.598. The molecule has 1 fully saturated rings. The lowest BCUT2D eigenvalue weighted by Gasteiger charge is -2.39. The van der Waals surface area contributed by atoms with E-state index in [1.54, 1.807) is 0 Å². The van der Waals surface area contributed by atoms with Crippen molar-refractivity contribution in [3.8, 4) is 0 Å². The zero-order chi connectivity index (χ0) is 13.2. The molecule has 1 aliphatic rings. The number of nitrogens with zero attached hydrogens (tertiary/aromatic N) is 2. The molecule has 108 valence electrons. The number of hydrogen-bond donors (Lipinski definition) is 1. The molecule has 1 heterocycles. The third-order valence-corrected chi connectivity index (χ3v) is 3.78. The lowest BCUT2D eigenvalue weighted by Crippen LogP contribution is -2.52. The van der Waals surface area contributed by atoms with E-state index in [2.05, 4.69) is 23.6 Å². The first-order valence-electron chi connectivity index (χ1n) is 7.56. The summed E-state index contributed by atoms with van der Waals surface area (Å²) < 4.78 is 5.38. The smallest absolute Gasteiger partial charge is 0.0478 e. The van der Waals surface area contributed by atoms with E-state index in [1.165, 1.54) is 45.6 Å². The molecule has 0 aromatic rings. The Bertz CT molecular complexity index is 193. The van der Waals surface area contributed by atoms with Crippen LogP contribution in [-0.4, -0.2) is 68.3 Å². The Balaban J connectivity index is 2.15. The van der Waals surface area contributed by atoms with E-state index in [4.69, 9.17) is 10.5 Å². The summed E-state index contributed by atoms with van der Waals surface area (Å²) in [6.45, 7) is 12.7. The molecule has 0 aromatic heterocycles. The van der Waals surface area contributed by atoms with Crippen molar-refractivity contribution in [1.82, 2.24) is 9.80 Å². The number of nitrogens with two attached hydrogens (primary N) is 1. The summed E-state index contributed by atoms with van der Waals surface area (Å²) >= 11 is 0. The van der Waals surface area contributed by atoms with Gasteiger partial charge in [0.05, 0.1) is 0 Å². The maximum Gasteiger partial charge on any atom is 0.0478 e. The van der Waals surface area contributed by atoms with Crippen LogP contribution in [-0.2, 0) is 4.74 Å². The standard InChI is InChI=1S/C14H31N3O/c1-3-6-14(13-15)17-10-8-16(9-11-17)7-5-12-18-4-2/h14H,3-13,15H2,1-2H3. The molecule has 0 amide bonds. The van der Waals surface area contributed by atoms with Gasteiger partial charge in [-0.25, -0.2) is 0 Å². The topological polar surface area (TPSA) is 41.7 Å². The third-order valence-electron chi connectivity index (χ3n) is 3.78. The van der Waals surface area contributed by atoms with Crippen LogP contribution in [0.4, 0.5) is 0 Å². The highest BCUT2D eigenvalue weighted by Gasteiger charge is 2.21. The van der Waals surface area contributed by atoms with Gasteiger partial charge < -0.3 is 15.4 Å². The zero-order valence-corrected chi connectivity index (χ0v) is 12.2. The van der Waals surface area contributed by atoms with E-state index < -0.39 is 0 Å². The van der Waals surface area contributed by atoms with Gasteiger partial charge in [-0.15, -0.1) is 0 Å². The molecule has 0 bridgehead atoms. The molecule has 1 saturated heterocycles. The van der Waals surface area contributed by atoms with Crippen molar-refractivity contribution in [3.05, 3.63) is 0 Å². The summed E-state index contributed by atoms with van der Waals surface area (Å²) in [5.74, 6) is 0. The lowest BCUT2D eigenvalue weighted by molar-refractivity contribution is 0.0819. The first-order valence-corrected chi connectivity index (χ1v) is 7.56.